The van der Waals surface area contributed by atoms with Crippen molar-refractivity contribution in [3.63, 3.8) is 0 Å². The summed E-state index contributed by atoms with van der Waals surface area (Å²) in [6.45, 7) is 2.56. The number of amides is 1. The molecule has 0 spiro atoms. The van der Waals surface area contributed by atoms with E-state index < -0.39 is 0 Å². The Hall–Kier alpha value is -2.66. The van der Waals surface area contributed by atoms with Crippen LogP contribution in [0.4, 0.5) is 0 Å². The molecule has 128 valence electrons. The molecule has 1 aromatic carbocycles. The fourth-order valence-corrected chi connectivity index (χ4v) is 3.40. The number of nitrogens with zero attached hydrogens (tertiary/aromatic N) is 2. The number of pyridine rings is 1. The molecule has 3 aromatic rings. The molecule has 5 nitrogen and oxygen atoms in total. The maximum absolute atomic E-state index is 12.7. The summed E-state index contributed by atoms with van der Waals surface area (Å²) in [7, 11) is 0. The van der Waals surface area contributed by atoms with Gasteiger partial charge in [-0.1, -0.05) is 12.1 Å². The fourth-order valence-electron chi connectivity index (χ4n) is 3.40. The highest BCUT2D eigenvalue weighted by Gasteiger charge is 2.24. The van der Waals surface area contributed by atoms with Crippen LogP contribution in [0.25, 0.3) is 10.9 Å². The number of fused-ring (bicyclic) bond motifs is 1. The van der Waals surface area contributed by atoms with Gasteiger partial charge in [-0.15, -0.1) is 0 Å². The number of hydrogen-bond donors (Lipinski definition) is 1. The molecule has 1 atom stereocenters. The van der Waals surface area contributed by atoms with Gasteiger partial charge in [0.05, 0.1) is 13.2 Å². The van der Waals surface area contributed by atoms with E-state index >= 15 is 0 Å². The zero-order valence-corrected chi connectivity index (χ0v) is 14.0. The molecular formula is C20H21N3O2. The Morgan fingerprint density at radius 3 is 3.12 bits per heavy atom. The molecule has 1 fully saturated rings. The first kappa shape index (κ1) is 15.8. The van der Waals surface area contributed by atoms with Crippen molar-refractivity contribution in [3.8, 4) is 0 Å². The minimum absolute atomic E-state index is 0.0165. The normalized spacial score (nSPS) is 18.2. The number of carbonyl (C=O) groups excluding carboxylic acids is 1. The Morgan fingerprint density at radius 1 is 1.28 bits per heavy atom. The topological polar surface area (TPSA) is 58.2 Å². The fraction of sp³-hybridized carbons (Fsp3) is 0.300. The van der Waals surface area contributed by atoms with Crippen LogP contribution >= 0.6 is 0 Å². The third-order valence-corrected chi connectivity index (χ3v) is 4.65. The van der Waals surface area contributed by atoms with E-state index in [1.165, 1.54) is 10.9 Å². The number of rotatable bonds is 3. The van der Waals surface area contributed by atoms with Gasteiger partial charge in [-0.3, -0.25) is 9.78 Å². The summed E-state index contributed by atoms with van der Waals surface area (Å²) in [6, 6.07) is 14.0. The number of carbonyl (C=O) groups is 1. The molecule has 1 aliphatic heterocycles. The Labute approximate surface area is 146 Å². The molecule has 1 N–H and O–H groups in total. The van der Waals surface area contributed by atoms with E-state index in [1.807, 2.05) is 23.2 Å². The van der Waals surface area contributed by atoms with Gasteiger partial charge in [-0.05, 0) is 47.7 Å². The average molecular weight is 335 g/mol. The van der Waals surface area contributed by atoms with Crippen molar-refractivity contribution < 1.29 is 9.53 Å². The maximum atomic E-state index is 12.7. The third-order valence-electron chi connectivity index (χ3n) is 4.65. The molecule has 2 aromatic heterocycles. The van der Waals surface area contributed by atoms with Crippen molar-refractivity contribution in [2.45, 2.75) is 6.42 Å². The first-order chi connectivity index (χ1) is 12.3. The molecule has 4 rings (SSSR count). The van der Waals surface area contributed by atoms with Gasteiger partial charge in [0.1, 0.15) is 5.69 Å². The van der Waals surface area contributed by atoms with Crippen LogP contribution < -0.4 is 0 Å². The zero-order valence-electron chi connectivity index (χ0n) is 14.0. The monoisotopic (exact) mass is 335 g/mol. The molecule has 1 unspecified atom stereocenters. The van der Waals surface area contributed by atoms with Gasteiger partial charge in [0.25, 0.3) is 5.91 Å². The van der Waals surface area contributed by atoms with Crippen LogP contribution in [-0.2, 0) is 11.2 Å². The quantitative estimate of drug-likeness (QED) is 0.801. The number of hydrogen-bond acceptors (Lipinski definition) is 3. The lowest BCUT2D eigenvalue weighted by molar-refractivity contribution is 0.0731. The molecule has 1 amide bonds. The second-order valence-corrected chi connectivity index (χ2v) is 6.51. The second kappa shape index (κ2) is 7.07. The number of aromatic amines is 1. The van der Waals surface area contributed by atoms with E-state index in [0.717, 1.165) is 11.9 Å². The molecule has 0 saturated carbocycles. The van der Waals surface area contributed by atoms with Gasteiger partial charge in [0, 0.05) is 36.9 Å². The van der Waals surface area contributed by atoms with Gasteiger partial charge in [0.2, 0.25) is 0 Å². The van der Waals surface area contributed by atoms with E-state index in [4.69, 9.17) is 4.74 Å². The van der Waals surface area contributed by atoms with E-state index in [-0.39, 0.29) is 11.8 Å². The first-order valence-corrected chi connectivity index (χ1v) is 8.64. The molecule has 3 heterocycles. The minimum Gasteiger partial charge on any atom is -0.379 e. The van der Waals surface area contributed by atoms with Crippen LogP contribution in [-0.4, -0.2) is 47.1 Å². The molecule has 0 bridgehead atoms. The molecule has 0 aliphatic carbocycles. The summed E-state index contributed by atoms with van der Waals surface area (Å²) >= 11 is 0. The van der Waals surface area contributed by atoms with Crippen molar-refractivity contribution in [1.82, 2.24) is 14.9 Å². The van der Waals surface area contributed by atoms with Crippen molar-refractivity contribution in [2.75, 3.05) is 26.3 Å². The first-order valence-electron chi connectivity index (χ1n) is 8.64. The van der Waals surface area contributed by atoms with Crippen molar-refractivity contribution >= 4 is 16.8 Å². The van der Waals surface area contributed by atoms with Gasteiger partial charge >= 0.3 is 0 Å². The summed E-state index contributed by atoms with van der Waals surface area (Å²) < 4.78 is 5.75. The number of nitrogens with one attached hydrogen (secondary N) is 1. The summed E-state index contributed by atoms with van der Waals surface area (Å²) in [5.41, 5.74) is 2.91. The van der Waals surface area contributed by atoms with Gasteiger partial charge in [-0.2, -0.15) is 0 Å². The predicted molar refractivity (Wildman–Crippen MR) is 96.5 cm³/mol. The average Bonchev–Trinajstić information content (AvgIpc) is 2.99. The van der Waals surface area contributed by atoms with Crippen LogP contribution in [0.15, 0.2) is 54.9 Å². The van der Waals surface area contributed by atoms with Gasteiger partial charge < -0.3 is 14.6 Å². The Kier molecular flexibility index (Phi) is 4.48. The largest absolute Gasteiger partial charge is 0.379 e. The van der Waals surface area contributed by atoms with E-state index in [2.05, 4.69) is 34.2 Å². The van der Waals surface area contributed by atoms with Gasteiger partial charge in [-0.25, -0.2) is 0 Å². The molecule has 0 radical (unpaired) electrons. The summed E-state index contributed by atoms with van der Waals surface area (Å²) in [5.74, 6) is 0.267. The van der Waals surface area contributed by atoms with Crippen LogP contribution in [0, 0.1) is 5.92 Å². The molecule has 1 saturated heterocycles. The standard InChI is InChI=1S/C20H21N3O2/c24-20(19-3-1-2-7-21-19)23-9-10-25-14-16(13-23)11-15-4-5-18-17(12-15)6-8-22-18/h1-8,12,16,22H,9-11,13-14H2. The SMILES string of the molecule is O=C(c1ccccn1)N1CCOCC(Cc2ccc3[nH]ccc3c2)C1. The Morgan fingerprint density at radius 2 is 2.24 bits per heavy atom. The Bertz CT molecular complexity index is 860. The third kappa shape index (κ3) is 3.56. The number of benzene rings is 1. The maximum Gasteiger partial charge on any atom is 0.272 e. The highest BCUT2D eigenvalue weighted by molar-refractivity contribution is 5.92. The van der Waals surface area contributed by atoms with E-state index in [9.17, 15) is 4.79 Å². The Balaban J connectivity index is 1.48. The molecule has 1 aliphatic rings. The molecular weight excluding hydrogens is 314 g/mol. The smallest absolute Gasteiger partial charge is 0.272 e. The summed E-state index contributed by atoms with van der Waals surface area (Å²) in [4.78, 5) is 22.0. The number of H-pyrrole nitrogens is 1. The van der Waals surface area contributed by atoms with E-state index in [1.54, 1.807) is 12.3 Å². The second-order valence-electron chi connectivity index (χ2n) is 6.51. The van der Waals surface area contributed by atoms with Gasteiger partial charge in [0.15, 0.2) is 0 Å². The van der Waals surface area contributed by atoms with Crippen molar-refractivity contribution in [3.05, 3.63) is 66.1 Å². The molecule has 5 heteroatoms. The van der Waals surface area contributed by atoms with Crippen LogP contribution in [0.5, 0.6) is 0 Å². The summed E-state index contributed by atoms with van der Waals surface area (Å²) in [6.07, 6.45) is 4.51. The lowest BCUT2D eigenvalue weighted by Gasteiger charge is -2.23. The lowest BCUT2D eigenvalue weighted by Crippen LogP contribution is -2.36. The van der Waals surface area contributed by atoms with Crippen molar-refractivity contribution in [1.29, 1.82) is 0 Å². The zero-order chi connectivity index (χ0) is 17.1. The lowest BCUT2D eigenvalue weighted by atomic mass is 9.98. The number of aromatic nitrogens is 2. The molecule has 25 heavy (non-hydrogen) atoms. The van der Waals surface area contributed by atoms with Crippen LogP contribution in [0.1, 0.15) is 16.1 Å². The minimum atomic E-state index is -0.0165. The highest BCUT2D eigenvalue weighted by atomic mass is 16.5. The van der Waals surface area contributed by atoms with Crippen LogP contribution in [0.2, 0.25) is 0 Å². The van der Waals surface area contributed by atoms with Crippen molar-refractivity contribution in [2.24, 2.45) is 5.92 Å². The highest BCUT2D eigenvalue weighted by Crippen LogP contribution is 2.19. The van der Waals surface area contributed by atoms with E-state index in [0.29, 0.717) is 32.0 Å². The predicted octanol–water partition coefficient (Wildman–Crippen LogP) is 2.89. The summed E-state index contributed by atoms with van der Waals surface area (Å²) in [5, 5.41) is 1.22. The number of ether oxygens (including phenoxy) is 1. The van der Waals surface area contributed by atoms with Crippen LogP contribution in [0.3, 0.4) is 0 Å².